The molecular formula is C13H17N3O2. The smallest absolute Gasteiger partial charge is 0.243 e. The van der Waals surface area contributed by atoms with Crippen molar-refractivity contribution in [2.24, 2.45) is 0 Å². The van der Waals surface area contributed by atoms with Crippen molar-refractivity contribution >= 4 is 17.5 Å². The first-order valence-electron chi connectivity index (χ1n) is 6.02. The van der Waals surface area contributed by atoms with Crippen molar-refractivity contribution in [3.63, 3.8) is 0 Å². The average molecular weight is 247 g/mol. The molecule has 0 saturated carbocycles. The lowest BCUT2D eigenvalue weighted by atomic mass is 10.0. The Morgan fingerprint density at radius 2 is 2.17 bits per heavy atom. The first-order chi connectivity index (χ1) is 8.65. The summed E-state index contributed by atoms with van der Waals surface area (Å²) in [4.78, 5) is 22.2. The molecule has 0 atom stereocenters. The van der Waals surface area contributed by atoms with Gasteiger partial charge >= 0.3 is 0 Å². The molecule has 1 aliphatic rings. The zero-order valence-corrected chi connectivity index (χ0v) is 10.4. The zero-order valence-electron chi connectivity index (χ0n) is 10.4. The van der Waals surface area contributed by atoms with E-state index in [0.717, 1.165) is 25.2 Å². The Hall–Kier alpha value is -1.88. The van der Waals surface area contributed by atoms with Crippen LogP contribution in [0.25, 0.3) is 0 Å². The fourth-order valence-corrected chi connectivity index (χ4v) is 1.97. The summed E-state index contributed by atoms with van der Waals surface area (Å²) in [5.74, 6) is -0.422. The number of amides is 2. The number of hydrogen-bond acceptors (Lipinski definition) is 3. The number of carbonyl (C=O) groups is 2. The molecule has 0 spiro atoms. The van der Waals surface area contributed by atoms with Crippen LogP contribution in [0, 0.1) is 0 Å². The van der Waals surface area contributed by atoms with E-state index in [-0.39, 0.29) is 18.4 Å². The summed E-state index contributed by atoms with van der Waals surface area (Å²) in [5, 5.41) is 8.52. The van der Waals surface area contributed by atoms with Gasteiger partial charge in [0.15, 0.2) is 0 Å². The van der Waals surface area contributed by atoms with Crippen LogP contribution < -0.4 is 16.0 Å². The third-order valence-corrected chi connectivity index (χ3v) is 2.87. The van der Waals surface area contributed by atoms with Crippen LogP contribution in [-0.4, -0.2) is 24.9 Å². The molecule has 5 nitrogen and oxygen atoms in total. The van der Waals surface area contributed by atoms with Gasteiger partial charge in [0, 0.05) is 19.2 Å². The second kappa shape index (κ2) is 5.64. The summed E-state index contributed by atoms with van der Waals surface area (Å²) < 4.78 is 0. The van der Waals surface area contributed by atoms with Crippen molar-refractivity contribution < 1.29 is 9.59 Å². The van der Waals surface area contributed by atoms with Crippen LogP contribution in [0.4, 0.5) is 5.69 Å². The number of nitrogens with one attached hydrogen (secondary N) is 3. The number of fused-ring (bicyclic) bond motifs is 1. The van der Waals surface area contributed by atoms with Crippen LogP contribution >= 0.6 is 0 Å². The number of anilines is 1. The maximum absolute atomic E-state index is 11.5. The van der Waals surface area contributed by atoms with Crippen LogP contribution in [0.1, 0.15) is 18.1 Å². The lowest BCUT2D eigenvalue weighted by molar-refractivity contribution is -0.122. The molecule has 0 aliphatic carbocycles. The van der Waals surface area contributed by atoms with E-state index in [1.165, 1.54) is 18.1 Å². The number of carbonyl (C=O) groups excluding carboxylic acids is 2. The minimum Gasteiger partial charge on any atom is -0.347 e. The molecule has 1 heterocycles. The predicted octanol–water partition coefficient (Wildman–Crippen LogP) is 0.407. The Balaban J connectivity index is 1.97. The topological polar surface area (TPSA) is 70.2 Å². The van der Waals surface area contributed by atoms with Crippen molar-refractivity contribution in [3.8, 4) is 0 Å². The maximum Gasteiger partial charge on any atom is 0.243 e. The summed E-state index contributed by atoms with van der Waals surface area (Å²) in [5.41, 5.74) is 3.32. The fourth-order valence-electron chi connectivity index (χ4n) is 1.97. The molecule has 2 rings (SSSR count). The molecule has 0 aromatic heterocycles. The molecule has 0 fully saturated rings. The molecule has 1 aromatic rings. The quantitative estimate of drug-likeness (QED) is 0.724. The van der Waals surface area contributed by atoms with Crippen molar-refractivity contribution in [3.05, 3.63) is 29.3 Å². The normalized spacial score (nSPS) is 13.6. The van der Waals surface area contributed by atoms with E-state index in [0.29, 0.717) is 0 Å². The molecule has 0 saturated heterocycles. The van der Waals surface area contributed by atoms with Gasteiger partial charge in [0.05, 0.1) is 6.54 Å². The van der Waals surface area contributed by atoms with Gasteiger partial charge in [-0.05, 0) is 36.2 Å². The van der Waals surface area contributed by atoms with Crippen LogP contribution in [0.5, 0.6) is 0 Å². The third-order valence-electron chi connectivity index (χ3n) is 2.87. The van der Waals surface area contributed by atoms with Crippen molar-refractivity contribution in [2.75, 3.05) is 18.4 Å². The van der Waals surface area contributed by atoms with E-state index in [4.69, 9.17) is 0 Å². The van der Waals surface area contributed by atoms with Crippen LogP contribution in [-0.2, 0) is 22.6 Å². The number of rotatable bonds is 3. The molecule has 1 aliphatic heterocycles. The molecule has 2 amide bonds. The van der Waals surface area contributed by atoms with Gasteiger partial charge in [-0.3, -0.25) is 9.59 Å². The highest BCUT2D eigenvalue weighted by atomic mass is 16.2. The Labute approximate surface area is 106 Å². The standard InChI is InChI=1S/C13H17N3O2/c1-9(17)15-8-13(18)16-12-3-2-10-4-5-14-7-11(10)6-12/h2-3,6,14H,4-5,7-8H2,1H3,(H,15,17)(H,16,18). The minimum absolute atomic E-state index is 0.00463. The van der Waals surface area contributed by atoms with Gasteiger partial charge in [0.1, 0.15) is 0 Å². The molecule has 0 radical (unpaired) electrons. The van der Waals surface area contributed by atoms with Crippen LogP contribution in [0.15, 0.2) is 18.2 Å². The lowest BCUT2D eigenvalue weighted by Crippen LogP contribution is -2.31. The Morgan fingerprint density at radius 3 is 2.94 bits per heavy atom. The number of benzene rings is 1. The van der Waals surface area contributed by atoms with Gasteiger partial charge in [0.25, 0.3) is 0 Å². The SMILES string of the molecule is CC(=O)NCC(=O)Nc1ccc2c(c1)CNCC2. The molecule has 3 N–H and O–H groups in total. The van der Waals surface area contributed by atoms with Gasteiger partial charge in [-0.15, -0.1) is 0 Å². The van der Waals surface area contributed by atoms with Crippen molar-refractivity contribution in [1.29, 1.82) is 0 Å². The first-order valence-corrected chi connectivity index (χ1v) is 6.02. The minimum atomic E-state index is -0.214. The monoisotopic (exact) mass is 247 g/mol. The van der Waals surface area contributed by atoms with E-state index in [1.54, 1.807) is 0 Å². The third kappa shape index (κ3) is 3.30. The van der Waals surface area contributed by atoms with Crippen molar-refractivity contribution in [2.45, 2.75) is 19.9 Å². The summed E-state index contributed by atoms with van der Waals surface area (Å²) in [7, 11) is 0. The van der Waals surface area contributed by atoms with Gasteiger partial charge in [-0.25, -0.2) is 0 Å². The maximum atomic E-state index is 11.5. The van der Waals surface area contributed by atoms with E-state index >= 15 is 0 Å². The Morgan fingerprint density at radius 1 is 1.33 bits per heavy atom. The second-order valence-electron chi connectivity index (χ2n) is 4.37. The van der Waals surface area contributed by atoms with Gasteiger partial charge in [-0.1, -0.05) is 6.07 Å². The molecule has 0 unspecified atom stereocenters. The molecule has 0 bridgehead atoms. The van der Waals surface area contributed by atoms with Gasteiger partial charge in [-0.2, -0.15) is 0 Å². The predicted molar refractivity (Wildman–Crippen MR) is 69.2 cm³/mol. The summed E-state index contributed by atoms with van der Waals surface area (Å²) >= 11 is 0. The molecule has 5 heteroatoms. The second-order valence-corrected chi connectivity index (χ2v) is 4.37. The van der Waals surface area contributed by atoms with E-state index in [2.05, 4.69) is 16.0 Å². The highest BCUT2D eigenvalue weighted by Gasteiger charge is 2.10. The Bertz CT molecular complexity index is 471. The molecule has 18 heavy (non-hydrogen) atoms. The largest absolute Gasteiger partial charge is 0.347 e. The molecule has 96 valence electrons. The summed E-state index contributed by atoms with van der Waals surface area (Å²) in [6.07, 6.45) is 1.02. The van der Waals surface area contributed by atoms with Gasteiger partial charge < -0.3 is 16.0 Å². The summed E-state index contributed by atoms with van der Waals surface area (Å²) in [6, 6.07) is 5.92. The van der Waals surface area contributed by atoms with E-state index < -0.39 is 0 Å². The Kier molecular flexibility index (Phi) is 3.94. The first kappa shape index (κ1) is 12.6. The molecular weight excluding hydrogens is 230 g/mol. The van der Waals surface area contributed by atoms with Crippen molar-refractivity contribution in [1.82, 2.24) is 10.6 Å². The highest BCUT2D eigenvalue weighted by molar-refractivity contribution is 5.94. The average Bonchev–Trinajstić information content (AvgIpc) is 2.36. The molecule has 1 aromatic carbocycles. The lowest BCUT2D eigenvalue weighted by Gasteiger charge is -2.18. The highest BCUT2D eigenvalue weighted by Crippen LogP contribution is 2.18. The van der Waals surface area contributed by atoms with Crippen LogP contribution in [0.3, 0.4) is 0 Å². The van der Waals surface area contributed by atoms with E-state index in [1.807, 2.05) is 18.2 Å². The van der Waals surface area contributed by atoms with Crippen LogP contribution in [0.2, 0.25) is 0 Å². The zero-order chi connectivity index (χ0) is 13.0. The summed E-state index contributed by atoms with van der Waals surface area (Å²) in [6.45, 7) is 3.23. The van der Waals surface area contributed by atoms with Gasteiger partial charge in [0.2, 0.25) is 11.8 Å². The number of hydrogen-bond donors (Lipinski definition) is 3. The van der Waals surface area contributed by atoms with E-state index in [9.17, 15) is 9.59 Å². The fraction of sp³-hybridized carbons (Fsp3) is 0.385.